The number of benzene rings is 1. The topological polar surface area (TPSA) is 37.8 Å². The third-order valence-corrected chi connectivity index (χ3v) is 3.59. The molecule has 0 spiro atoms. The first-order chi connectivity index (χ1) is 9.61. The van der Waals surface area contributed by atoms with Crippen molar-refractivity contribution in [1.29, 1.82) is 0 Å². The summed E-state index contributed by atoms with van der Waals surface area (Å²) < 4.78 is 0. The molecule has 0 bridgehead atoms. The fourth-order valence-electron chi connectivity index (χ4n) is 1.99. The summed E-state index contributed by atoms with van der Waals surface area (Å²) in [4.78, 5) is 8.89. The molecule has 1 N–H and O–H groups in total. The van der Waals surface area contributed by atoms with Gasteiger partial charge in [0.1, 0.15) is 5.82 Å². The highest BCUT2D eigenvalue weighted by molar-refractivity contribution is 6.31. The number of nitrogens with one attached hydrogen (secondary N) is 1. The zero-order chi connectivity index (χ0) is 14.5. The predicted octanol–water partition coefficient (Wildman–Crippen LogP) is 3.84. The monoisotopic (exact) mass is 289 g/mol. The van der Waals surface area contributed by atoms with Gasteiger partial charge >= 0.3 is 0 Å². The van der Waals surface area contributed by atoms with Crippen molar-refractivity contribution in [3.8, 4) is 0 Å². The lowest BCUT2D eigenvalue weighted by Gasteiger charge is -2.18. The molecule has 1 unspecified atom stereocenters. The lowest BCUT2D eigenvalue weighted by molar-refractivity contribution is 0.571. The van der Waals surface area contributed by atoms with Gasteiger partial charge in [0.15, 0.2) is 0 Å². The second kappa shape index (κ2) is 6.82. The molecule has 20 heavy (non-hydrogen) atoms. The van der Waals surface area contributed by atoms with Gasteiger partial charge in [0.25, 0.3) is 0 Å². The van der Waals surface area contributed by atoms with Gasteiger partial charge < -0.3 is 5.32 Å². The minimum atomic E-state index is -0.0198. The van der Waals surface area contributed by atoms with Crippen LogP contribution in [0, 0.1) is 13.8 Å². The van der Waals surface area contributed by atoms with Gasteiger partial charge in [-0.1, -0.05) is 30.7 Å². The summed E-state index contributed by atoms with van der Waals surface area (Å²) in [5, 5.41) is 4.26. The molecule has 3 nitrogen and oxygen atoms in total. The van der Waals surface area contributed by atoms with E-state index in [1.54, 1.807) is 0 Å². The molecule has 0 saturated heterocycles. The lowest BCUT2D eigenvalue weighted by Crippen LogP contribution is -2.25. The minimum Gasteiger partial charge on any atom is -0.304 e. The summed E-state index contributed by atoms with van der Waals surface area (Å²) in [5.41, 5.74) is 3.23. The fourth-order valence-corrected chi connectivity index (χ4v) is 2.18. The Labute approximate surface area is 125 Å². The Kier molecular flexibility index (Phi) is 5.10. The zero-order valence-electron chi connectivity index (χ0n) is 12.2. The Morgan fingerprint density at radius 1 is 1.20 bits per heavy atom. The number of aryl methyl sites for hydroxylation is 2. The number of nitrogens with zero attached hydrogens (tertiary/aromatic N) is 2. The van der Waals surface area contributed by atoms with Crippen LogP contribution in [0.15, 0.2) is 30.6 Å². The van der Waals surface area contributed by atoms with Crippen molar-refractivity contribution in [3.63, 3.8) is 0 Å². The van der Waals surface area contributed by atoms with Crippen LogP contribution >= 0.6 is 11.6 Å². The molecule has 106 valence electrons. The van der Waals surface area contributed by atoms with Crippen LogP contribution in [0.1, 0.15) is 41.9 Å². The van der Waals surface area contributed by atoms with E-state index in [1.807, 2.05) is 38.4 Å². The average Bonchev–Trinajstić information content (AvgIpc) is 2.45. The summed E-state index contributed by atoms with van der Waals surface area (Å²) in [6, 6.07) is 6.09. The van der Waals surface area contributed by atoms with Gasteiger partial charge in [-0.3, -0.25) is 0 Å². The average molecular weight is 290 g/mol. The van der Waals surface area contributed by atoms with Gasteiger partial charge in [0.05, 0.1) is 6.04 Å². The van der Waals surface area contributed by atoms with E-state index in [9.17, 15) is 0 Å². The number of rotatable bonds is 5. The Bertz CT molecular complexity index is 566. The quantitative estimate of drug-likeness (QED) is 0.909. The number of hydrogen-bond acceptors (Lipinski definition) is 3. The summed E-state index contributed by atoms with van der Waals surface area (Å²) >= 11 is 6.24. The molecule has 2 aromatic rings. The molecular weight excluding hydrogens is 270 g/mol. The molecule has 0 fully saturated rings. The first kappa shape index (κ1) is 14.9. The summed E-state index contributed by atoms with van der Waals surface area (Å²) in [6.07, 6.45) is 4.75. The van der Waals surface area contributed by atoms with Crippen LogP contribution in [0.25, 0.3) is 0 Å². The van der Waals surface area contributed by atoms with Crippen LogP contribution in [-0.2, 0) is 0 Å². The molecule has 0 aliphatic rings. The molecule has 0 saturated carbocycles. The van der Waals surface area contributed by atoms with Crippen molar-refractivity contribution >= 4 is 11.6 Å². The molecule has 0 radical (unpaired) electrons. The summed E-state index contributed by atoms with van der Waals surface area (Å²) in [5.74, 6) is 0.781. The van der Waals surface area contributed by atoms with Crippen molar-refractivity contribution in [2.75, 3.05) is 6.54 Å². The first-order valence-electron chi connectivity index (χ1n) is 6.89. The predicted molar refractivity (Wildman–Crippen MR) is 83.1 cm³/mol. The maximum Gasteiger partial charge on any atom is 0.149 e. The maximum atomic E-state index is 6.24. The number of hydrogen-bond donors (Lipinski definition) is 1. The molecule has 1 aromatic heterocycles. The summed E-state index contributed by atoms with van der Waals surface area (Å²) in [7, 11) is 0. The Morgan fingerprint density at radius 2 is 1.90 bits per heavy atom. The van der Waals surface area contributed by atoms with Crippen LogP contribution in [-0.4, -0.2) is 16.5 Å². The van der Waals surface area contributed by atoms with Crippen LogP contribution in [0.5, 0.6) is 0 Å². The first-order valence-corrected chi connectivity index (χ1v) is 7.27. The van der Waals surface area contributed by atoms with Crippen LogP contribution in [0.4, 0.5) is 0 Å². The standard InChI is InChI=1S/C16H20ClN3/c1-4-7-18-15(16-19-9-11(2)10-20-16)13-6-5-12(3)14(17)8-13/h5-6,8-10,15,18H,4,7H2,1-3H3. The second-order valence-corrected chi connectivity index (χ2v) is 5.42. The largest absolute Gasteiger partial charge is 0.304 e. The van der Waals surface area contributed by atoms with Crippen molar-refractivity contribution in [1.82, 2.24) is 15.3 Å². The van der Waals surface area contributed by atoms with Crippen molar-refractivity contribution in [2.45, 2.75) is 33.2 Å². The van der Waals surface area contributed by atoms with Gasteiger partial charge in [0.2, 0.25) is 0 Å². The molecule has 1 atom stereocenters. The highest BCUT2D eigenvalue weighted by atomic mass is 35.5. The SMILES string of the molecule is CCCNC(c1ccc(C)c(Cl)c1)c1ncc(C)cn1. The van der Waals surface area contributed by atoms with Gasteiger partial charge in [-0.25, -0.2) is 9.97 Å². The van der Waals surface area contributed by atoms with E-state index in [0.717, 1.165) is 40.5 Å². The second-order valence-electron chi connectivity index (χ2n) is 5.01. The van der Waals surface area contributed by atoms with Crippen LogP contribution in [0.3, 0.4) is 0 Å². The van der Waals surface area contributed by atoms with E-state index in [4.69, 9.17) is 11.6 Å². The number of halogens is 1. The van der Waals surface area contributed by atoms with Crippen molar-refractivity contribution in [3.05, 3.63) is 58.1 Å². The van der Waals surface area contributed by atoms with Gasteiger partial charge in [-0.05, 0) is 49.6 Å². The number of aromatic nitrogens is 2. The highest BCUT2D eigenvalue weighted by Gasteiger charge is 2.16. The third kappa shape index (κ3) is 3.56. The normalized spacial score (nSPS) is 12.4. The van der Waals surface area contributed by atoms with Crippen LogP contribution < -0.4 is 5.32 Å². The third-order valence-electron chi connectivity index (χ3n) is 3.19. The molecule has 2 rings (SSSR count). The van der Waals surface area contributed by atoms with E-state index >= 15 is 0 Å². The molecule has 0 aliphatic heterocycles. The van der Waals surface area contributed by atoms with E-state index < -0.39 is 0 Å². The van der Waals surface area contributed by atoms with Gasteiger partial charge in [0, 0.05) is 17.4 Å². The molecular formula is C16H20ClN3. The van der Waals surface area contributed by atoms with Crippen molar-refractivity contribution in [2.24, 2.45) is 0 Å². The maximum absolute atomic E-state index is 6.24. The fraction of sp³-hybridized carbons (Fsp3) is 0.375. The minimum absolute atomic E-state index is 0.0198. The zero-order valence-corrected chi connectivity index (χ0v) is 12.9. The van der Waals surface area contributed by atoms with Gasteiger partial charge in [-0.2, -0.15) is 0 Å². The summed E-state index contributed by atoms with van der Waals surface area (Å²) in [6.45, 7) is 7.04. The molecule has 0 aliphatic carbocycles. The van der Waals surface area contributed by atoms with Crippen LogP contribution in [0.2, 0.25) is 5.02 Å². The highest BCUT2D eigenvalue weighted by Crippen LogP contribution is 2.24. The molecule has 1 aromatic carbocycles. The lowest BCUT2D eigenvalue weighted by atomic mass is 10.0. The Morgan fingerprint density at radius 3 is 2.50 bits per heavy atom. The van der Waals surface area contributed by atoms with Crippen molar-refractivity contribution < 1.29 is 0 Å². The van der Waals surface area contributed by atoms with Gasteiger partial charge in [-0.15, -0.1) is 0 Å². The molecule has 4 heteroatoms. The molecule has 0 amide bonds. The Hall–Kier alpha value is -1.45. The van der Waals surface area contributed by atoms with E-state index in [2.05, 4.69) is 28.3 Å². The Balaban J connectivity index is 2.35. The van der Waals surface area contributed by atoms with E-state index in [0.29, 0.717) is 0 Å². The smallest absolute Gasteiger partial charge is 0.149 e. The van der Waals surface area contributed by atoms with E-state index in [-0.39, 0.29) is 6.04 Å². The molecule has 1 heterocycles. The van der Waals surface area contributed by atoms with E-state index in [1.165, 1.54) is 0 Å².